The number of aromatic nitrogens is 2. The van der Waals surface area contributed by atoms with Gasteiger partial charge in [0, 0.05) is 42.3 Å². The summed E-state index contributed by atoms with van der Waals surface area (Å²) in [5.41, 5.74) is 0.997. The Morgan fingerprint density at radius 3 is 2.54 bits per heavy atom. The van der Waals surface area contributed by atoms with Crippen LogP contribution < -0.4 is 10.0 Å². The van der Waals surface area contributed by atoms with Crippen LogP contribution in [0, 0.1) is 11.8 Å². The highest BCUT2D eigenvalue weighted by molar-refractivity contribution is 7.89. The van der Waals surface area contributed by atoms with Crippen LogP contribution in [0.5, 0.6) is 0 Å². The molecule has 3 rings (SSSR count). The molecule has 1 fully saturated rings. The molecule has 1 aromatic heterocycles. The van der Waals surface area contributed by atoms with Gasteiger partial charge >= 0.3 is 0 Å². The van der Waals surface area contributed by atoms with E-state index in [0.29, 0.717) is 18.1 Å². The molecular formula is C19H25ClN4O3S. The Labute approximate surface area is 170 Å². The molecule has 0 radical (unpaired) electrons. The fraction of sp³-hybridized carbons (Fsp3) is 0.474. The molecule has 1 aromatic carbocycles. The van der Waals surface area contributed by atoms with Crippen molar-refractivity contribution < 1.29 is 13.2 Å². The maximum atomic E-state index is 12.3. The normalized spacial score (nSPS) is 20.0. The predicted molar refractivity (Wildman–Crippen MR) is 107 cm³/mol. The molecule has 0 saturated heterocycles. The Morgan fingerprint density at radius 1 is 1.18 bits per heavy atom. The number of rotatable bonds is 8. The van der Waals surface area contributed by atoms with Gasteiger partial charge in [-0.25, -0.2) is 18.1 Å². The van der Waals surface area contributed by atoms with E-state index in [9.17, 15) is 13.2 Å². The first-order valence-electron chi connectivity index (χ1n) is 9.44. The Morgan fingerprint density at radius 2 is 1.89 bits per heavy atom. The van der Waals surface area contributed by atoms with Crippen molar-refractivity contribution in [2.45, 2.75) is 37.0 Å². The van der Waals surface area contributed by atoms with E-state index in [1.165, 1.54) is 12.1 Å². The maximum absolute atomic E-state index is 12.3. The van der Waals surface area contributed by atoms with E-state index in [0.717, 1.165) is 37.8 Å². The first kappa shape index (κ1) is 20.8. The van der Waals surface area contributed by atoms with Gasteiger partial charge in [-0.2, -0.15) is 0 Å². The molecule has 0 bridgehead atoms. The second-order valence-corrected chi connectivity index (χ2v) is 9.34. The van der Waals surface area contributed by atoms with Gasteiger partial charge < -0.3 is 10.3 Å². The molecule has 1 heterocycles. The number of carbonyl (C=O) groups is 1. The van der Waals surface area contributed by atoms with Crippen LogP contribution in [0.3, 0.4) is 0 Å². The second kappa shape index (κ2) is 9.54. The topological polar surface area (TPSA) is 104 Å². The molecule has 152 valence electrons. The van der Waals surface area contributed by atoms with Gasteiger partial charge in [0.25, 0.3) is 0 Å². The standard InChI is InChI=1S/C19H25ClN4O3S/c20-16-5-7-18(8-6-16)28(26,27)24-11-14-1-3-15(4-2-14)19(25)22-10-9-17-12-21-13-23-17/h5-8,12-15,24H,1-4,9-11H2,(H,21,23)(H,22,25). The van der Waals surface area contributed by atoms with Crippen LogP contribution in [0.25, 0.3) is 0 Å². The summed E-state index contributed by atoms with van der Waals surface area (Å²) in [6.45, 7) is 0.973. The average molecular weight is 425 g/mol. The number of aromatic amines is 1. The van der Waals surface area contributed by atoms with Crippen molar-refractivity contribution in [3.63, 3.8) is 0 Å². The number of nitrogens with one attached hydrogen (secondary N) is 3. The van der Waals surface area contributed by atoms with Gasteiger partial charge in [0.05, 0.1) is 11.2 Å². The van der Waals surface area contributed by atoms with E-state index < -0.39 is 10.0 Å². The van der Waals surface area contributed by atoms with Crippen LogP contribution in [-0.2, 0) is 21.2 Å². The lowest BCUT2D eigenvalue weighted by Gasteiger charge is -2.27. The molecule has 0 aliphatic heterocycles. The molecule has 0 spiro atoms. The highest BCUT2D eigenvalue weighted by Crippen LogP contribution is 2.29. The largest absolute Gasteiger partial charge is 0.355 e. The molecule has 3 N–H and O–H groups in total. The Bertz CT molecular complexity index is 861. The van der Waals surface area contributed by atoms with E-state index >= 15 is 0 Å². The minimum Gasteiger partial charge on any atom is -0.355 e. The third-order valence-electron chi connectivity index (χ3n) is 5.15. The van der Waals surface area contributed by atoms with Gasteiger partial charge in [-0.3, -0.25) is 4.79 Å². The number of sulfonamides is 1. The van der Waals surface area contributed by atoms with Gasteiger partial charge in [-0.15, -0.1) is 0 Å². The monoisotopic (exact) mass is 424 g/mol. The lowest BCUT2D eigenvalue weighted by atomic mass is 9.81. The van der Waals surface area contributed by atoms with Gasteiger partial charge in [-0.05, 0) is 55.9 Å². The van der Waals surface area contributed by atoms with Crippen LogP contribution in [0.2, 0.25) is 5.02 Å². The first-order valence-corrected chi connectivity index (χ1v) is 11.3. The highest BCUT2D eigenvalue weighted by atomic mass is 35.5. The zero-order chi connectivity index (χ0) is 20.0. The van der Waals surface area contributed by atoms with E-state index in [-0.39, 0.29) is 22.6 Å². The first-order chi connectivity index (χ1) is 13.4. The summed E-state index contributed by atoms with van der Waals surface area (Å²) in [4.78, 5) is 19.5. The second-order valence-electron chi connectivity index (χ2n) is 7.14. The number of H-pyrrole nitrogens is 1. The van der Waals surface area contributed by atoms with Crippen molar-refractivity contribution in [1.82, 2.24) is 20.0 Å². The molecule has 0 atom stereocenters. The molecule has 2 aromatic rings. The van der Waals surface area contributed by atoms with Crippen LogP contribution >= 0.6 is 11.6 Å². The van der Waals surface area contributed by atoms with Crippen molar-refractivity contribution in [3.05, 3.63) is 47.5 Å². The predicted octanol–water partition coefficient (Wildman–Crippen LogP) is 2.51. The molecule has 1 aliphatic rings. The van der Waals surface area contributed by atoms with Crippen molar-refractivity contribution in [3.8, 4) is 0 Å². The smallest absolute Gasteiger partial charge is 0.240 e. The van der Waals surface area contributed by atoms with E-state index in [4.69, 9.17) is 11.6 Å². The van der Waals surface area contributed by atoms with Gasteiger partial charge in [-0.1, -0.05) is 11.6 Å². The Balaban J connectivity index is 1.38. The van der Waals surface area contributed by atoms with Crippen LogP contribution in [0.15, 0.2) is 41.7 Å². The van der Waals surface area contributed by atoms with Gasteiger partial charge in [0.2, 0.25) is 15.9 Å². The summed E-state index contributed by atoms with van der Waals surface area (Å²) in [5, 5.41) is 3.48. The molecule has 1 amide bonds. The third-order valence-corrected chi connectivity index (χ3v) is 6.84. The Hall–Kier alpha value is -1.90. The van der Waals surface area contributed by atoms with Crippen molar-refractivity contribution >= 4 is 27.5 Å². The summed E-state index contributed by atoms with van der Waals surface area (Å²) in [6.07, 6.45) is 7.34. The molecule has 7 nitrogen and oxygen atoms in total. The lowest BCUT2D eigenvalue weighted by Crippen LogP contribution is -2.36. The summed E-state index contributed by atoms with van der Waals surface area (Å²) in [6, 6.07) is 6.11. The molecule has 9 heteroatoms. The molecule has 1 aliphatic carbocycles. The summed E-state index contributed by atoms with van der Waals surface area (Å²) < 4.78 is 27.4. The number of imidazole rings is 1. The SMILES string of the molecule is O=C(NCCc1cnc[nH]1)C1CCC(CNS(=O)(=O)c2ccc(Cl)cc2)CC1. The lowest BCUT2D eigenvalue weighted by molar-refractivity contribution is -0.126. The molecular weight excluding hydrogens is 400 g/mol. The average Bonchev–Trinajstić information content (AvgIpc) is 3.21. The molecule has 0 unspecified atom stereocenters. The summed E-state index contributed by atoms with van der Waals surface area (Å²) in [5.74, 6) is 0.335. The molecule has 28 heavy (non-hydrogen) atoms. The van der Waals surface area contributed by atoms with E-state index in [1.807, 2.05) is 0 Å². The van der Waals surface area contributed by atoms with E-state index in [1.54, 1.807) is 24.7 Å². The molecule has 1 saturated carbocycles. The number of benzene rings is 1. The fourth-order valence-corrected chi connectivity index (χ4v) is 4.68. The van der Waals surface area contributed by atoms with Crippen molar-refractivity contribution in [2.75, 3.05) is 13.1 Å². The number of hydrogen-bond donors (Lipinski definition) is 3. The number of halogens is 1. The zero-order valence-corrected chi connectivity index (χ0v) is 17.1. The minimum atomic E-state index is -3.54. The maximum Gasteiger partial charge on any atom is 0.240 e. The van der Waals surface area contributed by atoms with Crippen LogP contribution in [0.4, 0.5) is 0 Å². The summed E-state index contributed by atoms with van der Waals surface area (Å²) in [7, 11) is -3.54. The quantitative estimate of drug-likeness (QED) is 0.605. The van der Waals surface area contributed by atoms with Crippen molar-refractivity contribution in [1.29, 1.82) is 0 Å². The van der Waals surface area contributed by atoms with Gasteiger partial charge in [0.1, 0.15) is 0 Å². The van der Waals surface area contributed by atoms with Gasteiger partial charge in [0.15, 0.2) is 0 Å². The highest BCUT2D eigenvalue weighted by Gasteiger charge is 2.27. The number of carbonyl (C=O) groups excluding carboxylic acids is 1. The van der Waals surface area contributed by atoms with E-state index in [2.05, 4.69) is 20.0 Å². The Kier molecular flexibility index (Phi) is 7.09. The fourth-order valence-electron chi connectivity index (χ4n) is 3.44. The third kappa shape index (κ3) is 5.80. The van der Waals surface area contributed by atoms with Crippen LogP contribution in [-0.4, -0.2) is 37.4 Å². The number of hydrogen-bond acceptors (Lipinski definition) is 4. The van der Waals surface area contributed by atoms with Crippen LogP contribution in [0.1, 0.15) is 31.4 Å². The van der Waals surface area contributed by atoms with Crippen molar-refractivity contribution in [2.24, 2.45) is 11.8 Å². The minimum absolute atomic E-state index is 0.00545. The zero-order valence-electron chi connectivity index (χ0n) is 15.5. The number of amides is 1. The number of nitrogens with zero attached hydrogens (tertiary/aromatic N) is 1. The summed E-state index contributed by atoms with van der Waals surface area (Å²) >= 11 is 5.81.